The number of benzene rings is 1. The van der Waals surface area contributed by atoms with Gasteiger partial charge in [-0.3, -0.25) is 0 Å². The maximum atomic E-state index is 9.91. The van der Waals surface area contributed by atoms with Gasteiger partial charge in [-0.15, -0.1) is 0 Å². The van der Waals surface area contributed by atoms with Crippen molar-refractivity contribution >= 4 is 0 Å². The molecule has 92 valence electrons. The zero-order valence-corrected chi connectivity index (χ0v) is 10.2. The molecule has 4 heteroatoms. The van der Waals surface area contributed by atoms with Gasteiger partial charge in [0.1, 0.15) is 0 Å². The van der Waals surface area contributed by atoms with Gasteiger partial charge >= 0.3 is 0 Å². The van der Waals surface area contributed by atoms with Crippen LogP contribution >= 0.6 is 0 Å². The minimum absolute atomic E-state index is 0.202. The lowest BCUT2D eigenvalue weighted by Crippen LogP contribution is -2.33. The lowest BCUT2D eigenvalue weighted by atomic mass is 10.1. The molecule has 0 bridgehead atoms. The van der Waals surface area contributed by atoms with Gasteiger partial charge in [-0.1, -0.05) is 12.1 Å². The molecule has 0 amide bonds. The second-order valence-electron chi connectivity index (χ2n) is 4.01. The summed E-state index contributed by atoms with van der Waals surface area (Å²) in [6, 6.07) is 9.20. The monoisotopic (exact) mass is 234 g/mol. The van der Waals surface area contributed by atoms with Crippen molar-refractivity contribution in [2.24, 2.45) is 0 Å². The number of hydrogen-bond donors (Lipinski definition) is 2. The van der Waals surface area contributed by atoms with Crippen LogP contribution in [0.2, 0.25) is 0 Å². The van der Waals surface area contributed by atoms with Crippen LogP contribution in [0.15, 0.2) is 24.3 Å². The molecule has 2 atom stereocenters. The summed E-state index contributed by atoms with van der Waals surface area (Å²) in [7, 11) is 1.65. The van der Waals surface area contributed by atoms with Crippen LogP contribution in [0, 0.1) is 11.3 Å². The van der Waals surface area contributed by atoms with Crippen LogP contribution in [-0.4, -0.2) is 31.4 Å². The number of methoxy groups -OCH3 is 1. The zero-order valence-electron chi connectivity index (χ0n) is 10.2. The summed E-state index contributed by atoms with van der Waals surface area (Å²) in [6.45, 7) is 3.07. The van der Waals surface area contributed by atoms with Crippen molar-refractivity contribution in [3.63, 3.8) is 0 Å². The Balaban J connectivity index is 2.46. The Hall–Kier alpha value is -1.41. The summed E-state index contributed by atoms with van der Waals surface area (Å²) in [4.78, 5) is 0. The number of nitriles is 1. The third kappa shape index (κ3) is 4.53. The first-order valence-electron chi connectivity index (χ1n) is 5.57. The molecule has 0 aliphatic rings. The Morgan fingerprint density at radius 3 is 2.59 bits per heavy atom. The second-order valence-corrected chi connectivity index (χ2v) is 4.01. The molecule has 1 aromatic carbocycles. The summed E-state index contributed by atoms with van der Waals surface area (Å²) >= 11 is 0. The number of aliphatic hydroxyl groups excluding tert-OH is 1. The third-order valence-electron chi connectivity index (χ3n) is 2.50. The SMILES string of the molecule is COCC(C)NCC(O)c1ccc(C#N)cc1. The van der Waals surface area contributed by atoms with E-state index in [1.807, 2.05) is 13.0 Å². The van der Waals surface area contributed by atoms with Crippen LogP contribution in [0.3, 0.4) is 0 Å². The Morgan fingerprint density at radius 1 is 1.41 bits per heavy atom. The second kappa shape index (κ2) is 7.02. The largest absolute Gasteiger partial charge is 0.387 e. The van der Waals surface area contributed by atoms with Gasteiger partial charge in [-0.05, 0) is 24.6 Å². The molecule has 17 heavy (non-hydrogen) atoms. The highest BCUT2D eigenvalue weighted by Gasteiger charge is 2.09. The maximum absolute atomic E-state index is 9.91. The predicted octanol–water partition coefficient (Wildman–Crippen LogP) is 1.22. The first-order chi connectivity index (χ1) is 8.17. The molecule has 1 rings (SSSR count). The molecular formula is C13H18N2O2. The van der Waals surface area contributed by atoms with Gasteiger partial charge in [-0.2, -0.15) is 5.26 Å². The van der Waals surface area contributed by atoms with Crippen molar-refractivity contribution < 1.29 is 9.84 Å². The molecule has 0 spiro atoms. The fraction of sp³-hybridized carbons (Fsp3) is 0.462. The van der Waals surface area contributed by atoms with E-state index in [4.69, 9.17) is 10.00 Å². The predicted molar refractivity (Wildman–Crippen MR) is 65.5 cm³/mol. The van der Waals surface area contributed by atoms with E-state index >= 15 is 0 Å². The Morgan fingerprint density at radius 2 is 2.06 bits per heavy atom. The fourth-order valence-electron chi connectivity index (χ4n) is 1.52. The molecule has 2 unspecified atom stereocenters. The fourth-order valence-corrected chi connectivity index (χ4v) is 1.52. The lowest BCUT2D eigenvalue weighted by molar-refractivity contribution is 0.143. The van der Waals surface area contributed by atoms with Crippen LogP contribution in [-0.2, 0) is 4.74 Å². The molecule has 0 aromatic heterocycles. The number of nitrogens with zero attached hydrogens (tertiary/aromatic N) is 1. The van der Waals surface area contributed by atoms with Crippen LogP contribution in [0.4, 0.5) is 0 Å². The summed E-state index contributed by atoms with van der Waals surface area (Å²) in [5.41, 5.74) is 1.41. The summed E-state index contributed by atoms with van der Waals surface area (Å²) in [5, 5.41) is 21.7. The molecule has 0 saturated heterocycles. The number of rotatable bonds is 6. The Bertz CT molecular complexity index is 370. The standard InChI is InChI=1S/C13H18N2O2/c1-10(9-17-2)15-8-13(16)12-5-3-11(7-14)4-6-12/h3-6,10,13,15-16H,8-9H2,1-2H3. The lowest BCUT2D eigenvalue weighted by Gasteiger charge is -2.16. The van der Waals surface area contributed by atoms with Gasteiger partial charge < -0.3 is 15.2 Å². The van der Waals surface area contributed by atoms with Crippen molar-refractivity contribution in [3.05, 3.63) is 35.4 Å². The van der Waals surface area contributed by atoms with Crippen LogP contribution in [0.1, 0.15) is 24.2 Å². The first kappa shape index (κ1) is 13.7. The first-order valence-corrected chi connectivity index (χ1v) is 5.57. The highest BCUT2D eigenvalue weighted by atomic mass is 16.5. The summed E-state index contributed by atoms with van der Waals surface area (Å²) < 4.78 is 4.99. The van der Waals surface area contributed by atoms with E-state index in [1.165, 1.54) is 0 Å². The van der Waals surface area contributed by atoms with Gasteiger partial charge in [-0.25, -0.2) is 0 Å². The van der Waals surface area contributed by atoms with Crippen molar-refractivity contribution in [1.29, 1.82) is 5.26 Å². The molecule has 0 fully saturated rings. The number of nitrogens with one attached hydrogen (secondary N) is 1. The van der Waals surface area contributed by atoms with Gasteiger partial charge in [0.25, 0.3) is 0 Å². The highest BCUT2D eigenvalue weighted by Crippen LogP contribution is 2.12. The molecular weight excluding hydrogens is 216 g/mol. The highest BCUT2D eigenvalue weighted by molar-refractivity contribution is 5.32. The van der Waals surface area contributed by atoms with E-state index in [2.05, 4.69) is 5.32 Å². The number of ether oxygens (including phenoxy) is 1. The molecule has 4 nitrogen and oxygen atoms in total. The topological polar surface area (TPSA) is 65.3 Å². The quantitative estimate of drug-likeness (QED) is 0.776. The Labute approximate surface area is 102 Å². The van der Waals surface area contributed by atoms with Crippen molar-refractivity contribution in [2.45, 2.75) is 19.1 Å². The van der Waals surface area contributed by atoms with Crippen molar-refractivity contribution in [3.8, 4) is 6.07 Å². The molecule has 1 aromatic rings. The molecule has 0 heterocycles. The van der Waals surface area contributed by atoms with E-state index in [9.17, 15) is 5.11 Å². The minimum Gasteiger partial charge on any atom is -0.387 e. The van der Waals surface area contributed by atoms with Crippen LogP contribution in [0.5, 0.6) is 0 Å². The summed E-state index contributed by atoms with van der Waals surface area (Å²) in [6.07, 6.45) is -0.568. The normalized spacial score (nSPS) is 14.0. The van der Waals surface area contributed by atoms with Gasteiger partial charge in [0.2, 0.25) is 0 Å². The van der Waals surface area contributed by atoms with Crippen LogP contribution < -0.4 is 5.32 Å². The minimum atomic E-state index is -0.568. The van der Waals surface area contributed by atoms with Gasteiger partial charge in [0, 0.05) is 19.7 Å². The zero-order chi connectivity index (χ0) is 12.7. The van der Waals surface area contributed by atoms with E-state index < -0.39 is 6.10 Å². The van der Waals surface area contributed by atoms with Crippen LogP contribution in [0.25, 0.3) is 0 Å². The van der Waals surface area contributed by atoms with E-state index in [1.54, 1.807) is 31.4 Å². The van der Waals surface area contributed by atoms with Gasteiger partial charge in [0.05, 0.1) is 24.3 Å². The molecule has 0 aliphatic heterocycles. The van der Waals surface area contributed by atoms with E-state index in [0.717, 1.165) is 5.56 Å². The van der Waals surface area contributed by atoms with Crippen molar-refractivity contribution in [2.75, 3.05) is 20.3 Å². The maximum Gasteiger partial charge on any atom is 0.0991 e. The summed E-state index contributed by atoms with van der Waals surface area (Å²) in [5.74, 6) is 0. The smallest absolute Gasteiger partial charge is 0.0991 e. The molecule has 0 aliphatic carbocycles. The Kier molecular flexibility index (Phi) is 5.64. The van der Waals surface area contributed by atoms with Crippen molar-refractivity contribution in [1.82, 2.24) is 5.32 Å². The average Bonchev–Trinajstić information content (AvgIpc) is 2.36. The molecule has 0 radical (unpaired) electrons. The van der Waals surface area contributed by atoms with Gasteiger partial charge in [0.15, 0.2) is 0 Å². The molecule has 0 saturated carbocycles. The third-order valence-corrected chi connectivity index (χ3v) is 2.50. The van der Waals surface area contributed by atoms with E-state index in [-0.39, 0.29) is 6.04 Å². The average molecular weight is 234 g/mol. The number of hydrogen-bond acceptors (Lipinski definition) is 4. The van der Waals surface area contributed by atoms with E-state index in [0.29, 0.717) is 18.7 Å². The molecule has 2 N–H and O–H groups in total. The number of aliphatic hydroxyl groups is 1.